The number of aryl methyl sites for hydroxylation is 1. The summed E-state index contributed by atoms with van der Waals surface area (Å²) in [5.74, 6) is 2.73. The summed E-state index contributed by atoms with van der Waals surface area (Å²) in [5.41, 5.74) is 0. The number of hydrogen-bond donors (Lipinski definition) is 1. The Balaban J connectivity index is 1.47. The van der Waals surface area contributed by atoms with Gasteiger partial charge >= 0.3 is 0 Å². The van der Waals surface area contributed by atoms with Crippen LogP contribution in [0.5, 0.6) is 0 Å². The van der Waals surface area contributed by atoms with Crippen LogP contribution in [0.25, 0.3) is 0 Å². The number of likely N-dealkylation sites (tertiary alicyclic amines) is 1. The fourth-order valence-electron chi connectivity index (χ4n) is 3.39. The van der Waals surface area contributed by atoms with Crippen molar-refractivity contribution in [2.75, 3.05) is 64.8 Å². The second kappa shape index (κ2) is 8.11. The predicted molar refractivity (Wildman–Crippen MR) is 100 cm³/mol. The van der Waals surface area contributed by atoms with Crippen LogP contribution in [-0.2, 0) is 6.42 Å². The van der Waals surface area contributed by atoms with Gasteiger partial charge in [0.25, 0.3) is 0 Å². The first-order chi connectivity index (χ1) is 11.7. The largest absolute Gasteiger partial charge is 0.356 e. The molecule has 134 valence electrons. The maximum absolute atomic E-state index is 4.60. The van der Waals surface area contributed by atoms with Crippen molar-refractivity contribution in [2.45, 2.75) is 19.8 Å². The molecule has 0 spiro atoms. The second-order valence-corrected chi connectivity index (χ2v) is 7.40. The molecule has 0 amide bonds. The number of guanidine groups is 1. The van der Waals surface area contributed by atoms with Gasteiger partial charge in [-0.05, 0) is 25.9 Å². The molecule has 1 aromatic heterocycles. The van der Waals surface area contributed by atoms with E-state index in [9.17, 15) is 0 Å². The molecule has 2 saturated heterocycles. The minimum Gasteiger partial charge on any atom is -0.356 e. The molecule has 3 heterocycles. The summed E-state index contributed by atoms with van der Waals surface area (Å²) in [5, 5.41) is 4.63. The van der Waals surface area contributed by atoms with Crippen LogP contribution in [0.15, 0.2) is 4.99 Å². The summed E-state index contributed by atoms with van der Waals surface area (Å²) in [7, 11) is 4.08. The Kier molecular flexibility index (Phi) is 5.89. The van der Waals surface area contributed by atoms with Crippen molar-refractivity contribution in [3.63, 3.8) is 0 Å². The van der Waals surface area contributed by atoms with Gasteiger partial charge < -0.3 is 20.0 Å². The quantitative estimate of drug-likeness (QED) is 0.638. The molecule has 0 aliphatic carbocycles. The molecule has 8 heteroatoms. The van der Waals surface area contributed by atoms with E-state index < -0.39 is 0 Å². The monoisotopic (exact) mass is 351 g/mol. The number of rotatable bonds is 4. The second-order valence-electron chi connectivity index (χ2n) is 6.67. The zero-order valence-electron chi connectivity index (χ0n) is 15.0. The van der Waals surface area contributed by atoms with Gasteiger partial charge in [-0.2, -0.15) is 4.37 Å². The maximum Gasteiger partial charge on any atom is 0.205 e. The molecule has 7 nitrogen and oxygen atoms in total. The van der Waals surface area contributed by atoms with Crippen LogP contribution < -0.4 is 10.2 Å². The van der Waals surface area contributed by atoms with Gasteiger partial charge in [-0.3, -0.25) is 4.99 Å². The third-order valence-electron chi connectivity index (χ3n) is 4.87. The van der Waals surface area contributed by atoms with Gasteiger partial charge in [0.05, 0.1) is 0 Å². The third-order valence-corrected chi connectivity index (χ3v) is 5.69. The Hall–Kier alpha value is -1.41. The molecule has 0 aromatic carbocycles. The number of anilines is 1. The van der Waals surface area contributed by atoms with Gasteiger partial charge in [-0.15, -0.1) is 0 Å². The molecule has 1 atom stereocenters. The van der Waals surface area contributed by atoms with Crippen molar-refractivity contribution >= 4 is 22.6 Å². The summed E-state index contributed by atoms with van der Waals surface area (Å²) >= 11 is 1.52. The highest BCUT2D eigenvalue weighted by atomic mass is 32.1. The van der Waals surface area contributed by atoms with Crippen molar-refractivity contribution in [1.29, 1.82) is 0 Å². The van der Waals surface area contributed by atoms with E-state index in [1.807, 2.05) is 7.05 Å². The number of nitrogens with one attached hydrogen (secondary N) is 1. The molecule has 1 N–H and O–H groups in total. The maximum atomic E-state index is 4.60. The van der Waals surface area contributed by atoms with Gasteiger partial charge in [0.1, 0.15) is 5.82 Å². The number of aliphatic imine (C=N–C) groups is 1. The molecular weight excluding hydrogens is 322 g/mol. The molecule has 2 fully saturated rings. The Labute approximate surface area is 148 Å². The van der Waals surface area contributed by atoms with Gasteiger partial charge in [0, 0.05) is 64.3 Å². The van der Waals surface area contributed by atoms with Crippen molar-refractivity contribution in [3.8, 4) is 0 Å². The molecule has 3 rings (SSSR count). The van der Waals surface area contributed by atoms with E-state index in [2.05, 4.69) is 48.3 Å². The minimum atomic E-state index is 0.738. The van der Waals surface area contributed by atoms with Crippen LogP contribution in [0.3, 0.4) is 0 Å². The van der Waals surface area contributed by atoms with E-state index in [0.717, 1.165) is 62.0 Å². The zero-order valence-corrected chi connectivity index (χ0v) is 15.8. The summed E-state index contributed by atoms with van der Waals surface area (Å²) in [6.07, 6.45) is 2.19. The zero-order chi connectivity index (χ0) is 16.9. The number of piperazine rings is 1. The van der Waals surface area contributed by atoms with Crippen LogP contribution in [0.2, 0.25) is 0 Å². The Bertz CT molecular complexity index is 550. The standard InChI is InChI=1S/C16H29N7S/c1-4-14-19-16(24-20-14)23-9-7-22(8-10-23)15(17-2)18-11-13-5-6-21(3)12-13/h13H,4-12H2,1-3H3,(H,17,18). The molecule has 24 heavy (non-hydrogen) atoms. The minimum absolute atomic E-state index is 0.738. The van der Waals surface area contributed by atoms with Gasteiger partial charge in [0.2, 0.25) is 5.13 Å². The summed E-state index contributed by atoms with van der Waals surface area (Å²) in [6, 6.07) is 0. The lowest BCUT2D eigenvalue weighted by molar-refractivity contribution is 0.363. The average molecular weight is 352 g/mol. The Morgan fingerprint density at radius 2 is 2.08 bits per heavy atom. The lowest BCUT2D eigenvalue weighted by atomic mass is 10.1. The molecule has 2 aliphatic rings. The fourth-order valence-corrected chi connectivity index (χ4v) is 4.19. The lowest BCUT2D eigenvalue weighted by Crippen LogP contribution is -2.53. The van der Waals surface area contributed by atoms with E-state index in [1.54, 1.807) is 0 Å². The van der Waals surface area contributed by atoms with Crippen LogP contribution in [-0.4, -0.2) is 85.0 Å². The third kappa shape index (κ3) is 4.16. The molecule has 1 unspecified atom stereocenters. The highest BCUT2D eigenvalue weighted by Crippen LogP contribution is 2.19. The summed E-state index contributed by atoms with van der Waals surface area (Å²) in [4.78, 5) is 16.2. The van der Waals surface area contributed by atoms with Gasteiger partial charge in [0.15, 0.2) is 5.96 Å². The van der Waals surface area contributed by atoms with E-state index in [0.29, 0.717) is 0 Å². The van der Waals surface area contributed by atoms with Crippen LogP contribution >= 0.6 is 11.5 Å². The highest BCUT2D eigenvalue weighted by molar-refractivity contribution is 7.09. The molecule has 1 aromatic rings. The summed E-state index contributed by atoms with van der Waals surface area (Å²) < 4.78 is 4.40. The smallest absolute Gasteiger partial charge is 0.205 e. The molecule has 0 radical (unpaired) electrons. The average Bonchev–Trinajstić information content (AvgIpc) is 3.25. The number of aromatic nitrogens is 2. The Morgan fingerprint density at radius 3 is 2.67 bits per heavy atom. The van der Waals surface area contributed by atoms with Crippen LogP contribution in [0, 0.1) is 5.92 Å². The summed E-state index contributed by atoms with van der Waals surface area (Å²) in [6.45, 7) is 9.43. The first-order valence-electron chi connectivity index (χ1n) is 8.91. The fraction of sp³-hybridized carbons (Fsp3) is 0.812. The van der Waals surface area contributed by atoms with Crippen molar-refractivity contribution < 1.29 is 0 Å². The normalized spacial score (nSPS) is 23.1. The van der Waals surface area contributed by atoms with Crippen LogP contribution in [0.1, 0.15) is 19.2 Å². The van der Waals surface area contributed by atoms with E-state index in [1.165, 1.54) is 31.0 Å². The van der Waals surface area contributed by atoms with Crippen molar-refractivity contribution in [3.05, 3.63) is 5.82 Å². The first-order valence-corrected chi connectivity index (χ1v) is 9.68. The van der Waals surface area contributed by atoms with Gasteiger partial charge in [-0.1, -0.05) is 6.92 Å². The van der Waals surface area contributed by atoms with E-state index >= 15 is 0 Å². The van der Waals surface area contributed by atoms with Crippen molar-refractivity contribution in [2.24, 2.45) is 10.9 Å². The first kappa shape index (κ1) is 17.4. The predicted octanol–water partition coefficient (Wildman–Crippen LogP) is 0.750. The number of hydrogen-bond acceptors (Lipinski definition) is 6. The van der Waals surface area contributed by atoms with Crippen molar-refractivity contribution in [1.82, 2.24) is 24.5 Å². The molecule has 0 bridgehead atoms. The van der Waals surface area contributed by atoms with Gasteiger partial charge in [-0.25, -0.2) is 4.98 Å². The molecular formula is C16H29N7S. The highest BCUT2D eigenvalue weighted by Gasteiger charge is 2.24. The van der Waals surface area contributed by atoms with E-state index in [-0.39, 0.29) is 0 Å². The lowest BCUT2D eigenvalue weighted by Gasteiger charge is -2.36. The van der Waals surface area contributed by atoms with E-state index in [4.69, 9.17) is 0 Å². The SMILES string of the molecule is CCc1nsc(N2CCN(C(=NC)NCC3CCN(C)C3)CC2)n1. The topological polar surface area (TPSA) is 59.9 Å². The molecule has 2 aliphatic heterocycles. The van der Waals surface area contributed by atoms with Crippen LogP contribution in [0.4, 0.5) is 5.13 Å². The molecule has 0 saturated carbocycles. The number of nitrogens with zero attached hydrogens (tertiary/aromatic N) is 6. The Morgan fingerprint density at radius 1 is 1.29 bits per heavy atom.